The molecule has 2 heterocycles. The third kappa shape index (κ3) is 4.54. The molecule has 5 rings (SSSR count). The minimum absolute atomic E-state index is 0.0491. The molecule has 0 bridgehead atoms. The average Bonchev–Trinajstić information content (AvgIpc) is 3.29. The van der Waals surface area contributed by atoms with Crippen molar-refractivity contribution in [3.8, 4) is 0 Å². The van der Waals surface area contributed by atoms with E-state index in [1.165, 1.54) is 0 Å². The van der Waals surface area contributed by atoms with Gasteiger partial charge in [-0.2, -0.15) is 4.98 Å². The number of hydrogen-bond donors (Lipinski definition) is 0. The van der Waals surface area contributed by atoms with Crippen molar-refractivity contribution < 1.29 is 4.52 Å². The van der Waals surface area contributed by atoms with Crippen molar-refractivity contribution in [3.05, 3.63) is 113 Å². The van der Waals surface area contributed by atoms with Crippen LogP contribution in [-0.2, 0) is 6.54 Å². The van der Waals surface area contributed by atoms with Gasteiger partial charge in [0.2, 0.25) is 5.89 Å². The fourth-order valence-corrected chi connectivity index (χ4v) is 4.53. The van der Waals surface area contributed by atoms with Crippen molar-refractivity contribution in [2.45, 2.75) is 12.5 Å². The van der Waals surface area contributed by atoms with Gasteiger partial charge >= 0.3 is 0 Å². The van der Waals surface area contributed by atoms with Gasteiger partial charge < -0.3 is 9.42 Å². The first-order valence-corrected chi connectivity index (χ1v) is 11.3. The van der Waals surface area contributed by atoms with Crippen molar-refractivity contribution in [2.24, 2.45) is 0 Å². The maximum Gasteiger partial charge on any atom is 0.240 e. The van der Waals surface area contributed by atoms with Crippen LogP contribution in [0, 0.1) is 0 Å². The third-order valence-electron chi connectivity index (χ3n) is 5.93. The fourth-order valence-electron chi connectivity index (χ4n) is 4.28. The fraction of sp³-hybridized carbons (Fsp3) is 0.231. The molecule has 3 aromatic carbocycles. The lowest BCUT2D eigenvalue weighted by Crippen LogP contribution is -2.46. The first kappa shape index (κ1) is 20.7. The Hall–Kier alpha value is -3.15. The van der Waals surface area contributed by atoms with Gasteiger partial charge in [-0.05, 0) is 23.3 Å². The minimum atomic E-state index is -0.0491. The van der Waals surface area contributed by atoms with Crippen molar-refractivity contribution in [1.82, 2.24) is 15.0 Å². The van der Waals surface area contributed by atoms with Crippen LogP contribution in [0.4, 0.5) is 5.69 Å². The maximum absolute atomic E-state index is 6.37. The predicted molar refractivity (Wildman–Crippen MR) is 127 cm³/mol. The van der Waals surface area contributed by atoms with Gasteiger partial charge in [-0.1, -0.05) is 89.6 Å². The second kappa shape index (κ2) is 9.55. The van der Waals surface area contributed by atoms with E-state index in [9.17, 15) is 0 Å². The number of anilines is 1. The van der Waals surface area contributed by atoms with Crippen LogP contribution in [0.15, 0.2) is 89.5 Å². The third-order valence-corrected chi connectivity index (χ3v) is 6.25. The van der Waals surface area contributed by atoms with E-state index in [0.717, 1.165) is 48.0 Å². The number of nitrogens with zero attached hydrogens (tertiary/aromatic N) is 4. The molecule has 1 aliphatic heterocycles. The summed E-state index contributed by atoms with van der Waals surface area (Å²) in [5.74, 6) is 1.31. The van der Waals surface area contributed by atoms with E-state index < -0.39 is 0 Å². The quantitative estimate of drug-likeness (QED) is 0.407. The van der Waals surface area contributed by atoms with Crippen LogP contribution in [0.3, 0.4) is 0 Å². The first-order chi connectivity index (χ1) is 15.8. The summed E-state index contributed by atoms with van der Waals surface area (Å²) in [4.78, 5) is 9.48. The Morgan fingerprint density at radius 2 is 1.38 bits per heavy atom. The summed E-state index contributed by atoms with van der Waals surface area (Å²) < 4.78 is 5.68. The highest BCUT2D eigenvalue weighted by Gasteiger charge is 2.24. The summed E-state index contributed by atoms with van der Waals surface area (Å²) >= 11 is 6.37. The van der Waals surface area contributed by atoms with E-state index in [2.05, 4.69) is 45.3 Å². The topological polar surface area (TPSA) is 45.4 Å². The zero-order valence-corrected chi connectivity index (χ0v) is 18.5. The molecule has 0 N–H and O–H groups in total. The van der Waals surface area contributed by atoms with Gasteiger partial charge in [0.15, 0.2) is 5.82 Å². The van der Waals surface area contributed by atoms with Crippen LogP contribution in [0.2, 0.25) is 5.02 Å². The van der Waals surface area contributed by atoms with E-state index in [0.29, 0.717) is 18.3 Å². The van der Waals surface area contributed by atoms with Gasteiger partial charge in [0, 0.05) is 26.2 Å². The summed E-state index contributed by atoms with van der Waals surface area (Å²) in [5.41, 5.74) is 3.40. The first-order valence-electron chi connectivity index (χ1n) is 10.9. The number of aromatic nitrogens is 2. The smallest absolute Gasteiger partial charge is 0.240 e. The average molecular weight is 445 g/mol. The molecule has 162 valence electrons. The second-order valence-corrected chi connectivity index (χ2v) is 8.42. The molecule has 1 saturated heterocycles. The Kier molecular flexibility index (Phi) is 6.19. The Balaban J connectivity index is 1.29. The molecule has 0 spiro atoms. The lowest BCUT2D eigenvalue weighted by molar-refractivity contribution is 0.215. The number of rotatable bonds is 6. The molecular weight excluding hydrogens is 420 g/mol. The van der Waals surface area contributed by atoms with Gasteiger partial charge in [0.25, 0.3) is 0 Å². The van der Waals surface area contributed by atoms with Crippen molar-refractivity contribution in [2.75, 3.05) is 31.1 Å². The van der Waals surface area contributed by atoms with Crippen LogP contribution in [0.1, 0.15) is 28.8 Å². The summed E-state index contributed by atoms with van der Waals surface area (Å²) in [6, 6.07) is 28.7. The molecule has 32 heavy (non-hydrogen) atoms. The molecule has 0 aliphatic carbocycles. The van der Waals surface area contributed by atoms with E-state index in [1.807, 2.05) is 54.6 Å². The molecule has 0 amide bonds. The highest BCUT2D eigenvalue weighted by molar-refractivity contribution is 6.33. The van der Waals surface area contributed by atoms with E-state index in [1.54, 1.807) is 0 Å². The van der Waals surface area contributed by atoms with Gasteiger partial charge in [0.05, 0.1) is 23.2 Å². The summed E-state index contributed by atoms with van der Waals surface area (Å²) in [6.45, 7) is 4.33. The minimum Gasteiger partial charge on any atom is -0.368 e. The van der Waals surface area contributed by atoms with Crippen LogP contribution in [0.5, 0.6) is 0 Å². The van der Waals surface area contributed by atoms with Crippen LogP contribution in [-0.4, -0.2) is 41.2 Å². The Morgan fingerprint density at radius 3 is 2.00 bits per heavy atom. The SMILES string of the molecule is Clc1ccccc1N1CCN(Cc2nc(C(c3ccccc3)c3ccccc3)no2)CC1. The van der Waals surface area contributed by atoms with Gasteiger partial charge in [-0.15, -0.1) is 0 Å². The monoisotopic (exact) mass is 444 g/mol. The van der Waals surface area contributed by atoms with E-state index in [4.69, 9.17) is 21.1 Å². The number of benzene rings is 3. The largest absolute Gasteiger partial charge is 0.368 e. The number of para-hydroxylation sites is 1. The number of piperazine rings is 1. The lowest BCUT2D eigenvalue weighted by atomic mass is 9.91. The van der Waals surface area contributed by atoms with Crippen LogP contribution >= 0.6 is 11.6 Å². The van der Waals surface area contributed by atoms with E-state index >= 15 is 0 Å². The zero-order chi connectivity index (χ0) is 21.8. The van der Waals surface area contributed by atoms with E-state index in [-0.39, 0.29) is 5.92 Å². The Morgan fingerprint density at radius 1 is 0.781 bits per heavy atom. The predicted octanol–water partition coefficient (Wildman–Crippen LogP) is 5.23. The normalized spacial score (nSPS) is 14.8. The van der Waals surface area contributed by atoms with Crippen molar-refractivity contribution in [1.29, 1.82) is 0 Å². The molecule has 1 aromatic heterocycles. The Bertz CT molecular complexity index is 1100. The molecule has 1 aliphatic rings. The second-order valence-electron chi connectivity index (χ2n) is 8.02. The molecule has 6 heteroatoms. The van der Waals surface area contributed by atoms with Crippen molar-refractivity contribution in [3.63, 3.8) is 0 Å². The molecule has 1 fully saturated rings. The molecule has 0 atom stereocenters. The highest BCUT2D eigenvalue weighted by Crippen LogP contribution is 2.30. The van der Waals surface area contributed by atoms with Crippen LogP contribution in [0.25, 0.3) is 0 Å². The highest BCUT2D eigenvalue weighted by atomic mass is 35.5. The van der Waals surface area contributed by atoms with Crippen LogP contribution < -0.4 is 4.90 Å². The number of halogens is 1. The number of hydrogen-bond acceptors (Lipinski definition) is 5. The summed E-state index contributed by atoms with van der Waals surface area (Å²) in [7, 11) is 0. The lowest BCUT2D eigenvalue weighted by Gasteiger charge is -2.35. The molecule has 0 saturated carbocycles. The van der Waals surface area contributed by atoms with Gasteiger partial charge in [0.1, 0.15) is 0 Å². The molecule has 0 unspecified atom stereocenters. The zero-order valence-electron chi connectivity index (χ0n) is 17.8. The molecule has 4 aromatic rings. The molecule has 0 radical (unpaired) electrons. The summed E-state index contributed by atoms with van der Waals surface area (Å²) in [5, 5.41) is 5.17. The summed E-state index contributed by atoms with van der Waals surface area (Å²) in [6.07, 6.45) is 0. The van der Waals surface area contributed by atoms with Gasteiger partial charge in [-0.25, -0.2) is 0 Å². The Labute approximate surface area is 193 Å². The maximum atomic E-state index is 6.37. The standard InChI is InChI=1S/C26H25ClN4O/c27-22-13-7-8-14-23(22)31-17-15-30(16-18-31)19-24-28-26(29-32-24)25(20-9-3-1-4-10-20)21-11-5-2-6-12-21/h1-14,25H,15-19H2. The molecule has 5 nitrogen and oxygen atoms in total. The van der Waals surface area contributed by atoms with Crippen molar-refractivity contribution >= 4 is 17.3 Å². The van der Waals surface area contributed by atoms with Gasteiger partial charge in [-0.3, -0.25) is 4.90 Å². The molecular formula is C26H25ClN4O.